The van der Waals surface area contributed by atoms with Crippen LogP contribution in [0.25, 0.3) is 34.5 Å². The average Bonchev–Trinajstić information content (AvgIpc) is 3.58. The first-order valence-corrected chi connectivity index (χ1v) is 17.5. The molecule has 1 aliphatic heterocycles. The minimum absolute atomic E-state index is 0.0170. The number of nitrogens with zero attached hydrogens (tertiary/aromatic N) is 3. The molecule has 1 fully saturated rings. The normalized spacial score (nSPS) is 14.0. The summed E-state index contributed by atoms with van der Waals surface area (Å²) < 4.78 is 49.0. The van der Waals surface area contributed by atoms with Crippen molar-refractivity contribution in [3.05, 3.63) is 124 Å². The van der Waals surface area contributed by atoms with Gasteiger partial charge in [0.1, 0.15) is 18.2 Å². The molecule has 14 heteroatoms. The number of anilines is 2. The maximum atomic E-state index is 14.4. The van der Waals surface area contributed by atoms with Crippen LogP contribution in [0, 0.1) is 5.82 Å². The first-order chi connectivity index (χ1) is 23.8. The molecule has 5 aromatic rings. The number of hydrogen-bond acceptors (Lipinski definition) is 6. The van der Waals surface area contributed by atoms with Gasteiger partial charge in [-0.15, -0.1) is 0 Å². The standard InChI is InChI=1S/C36H30Cl2FN5O5S/c1-22(2)49-36(46)41-32-17-26(10-15-31(32)39)25-8-3-23(4-9-25)7-16-34-40-33(29-14-11-27(37)18-30(29)38)20-43(34)19-24-5-12-28(13-6-24)44-21-35(45)42-50(44,47)48/h3-18,20,22H,19,21H2,1-2H3,(H,41,46)(H,42,45)/b16-7+. The molecule has 2 amide bonds. The highest BCUT2D eigenvalue weighted by molar-refractivity contribution is 7.92. The number of halogens is 3. The fourth-order valence-corrected chi connectivity index (χ4v) is 6.92. The van der Waals surface area contributed by atoms with Crippen LogP contribution in [0.3, 0.4) is 0 Å². The first-order valence-electron chi connectivity index (χ1n) is 15.4. The Labute approximate surface area is 298 Å². The number of benzene rings is 4. The summed E-state index contributed by atoms with van der Waals surface area (Å²) in [5.74, 6) is -0.541. The van der Waals surface area contributed by atoms with Crippen LogP contribution in [0.15, 0.2) is 91.1 Å². The van der Waals surface area contributed by atoms with Gasteiger partial charge in [-0.25, -0.2) is 23.2 Å². The molecular formula is C36H30Cl2FN5O5S. The number of carbonyl (C=O) groups excluding carboxylic acids is 2. The second-order valence-electron chi connectivity index (χ2n) is 11.7. The molecule has 256 valence electrons. The monoisotopic (exact) mass is 733 g/mol. The summed E-state index contributed by atoms with van der Waals surface area (Å²) in [5.41, 5.74) is 4.97. The molecule has 0 saturated carbocycles. The number of ether oxygens (including phenoxy) is 1. The first kappa shape index (κ1) is 34.7. The van der Waals surface area contributed by atoms with E-state index in [1.165, 1.54) is 6.07 Å². The lowest BCUT2D eigenvalue weighted by molar-refractivity contribution is -0.117. The van der Waals surface area contributed by atoms with E-state index in [2.05, 4.69) is 5.32 Å². The van der Waals surface area contributed by atoms with Crippen molar-refractivity contribution in [2.45, 2.75) is 26.5 Å². The van der Waals surface area contributed by atoms with Crippen molar-refractivity contribution < 1.29 is 27.1 Å². The number of nitrogens with one attached hydrogen (secondary N) is 2. The van der Waals surface area contributed by atoms with Crippen LogP contribution in [0.1, 0.15) is 30.8 Å². The molecule has 2 N–H and O–H groups in total. The highest BCUT2D eigenvalue weighted by atomic mass is 35.5. The molecule has 2 heterocycles. The van der Waals surface area contributed by atoms with Crippen LogP contribution in [-0.4, -0.2) is 42.6 Å². The maximum Gasteiger partial charge on any atom is 0.411 e. The van der Waals surface area contributed by atoms with Crippen LogP contribution in [0.5, 0.6) is 0 Å². The Morgan fingerprint density at radius 1 is 1.00 bits per heavy atom. The quantitative estimate of drug-likeness (QED) is 0.158. The molecule has 10 nitrogen and oxygen atoms in total. The fraction of sp³-hybridized carbons (Fsp3) is 0.139. The van der Waals surface area contributed by atoms with E-state index in [0.717, 1.165) is 21.0 Å². The van der Waals surface area contributed by atoms with Crippen LogP contribution in [0.4, 0.5) is 20.6 Å². The van der Waals surface area contributed by atoms with E-state index in [1.54, 1.807) is 68.4 Å². The largest absolute Gasteiger partial charge is 0.447 e. The van der Waals surface area contributed by atoms with Gasteiger partial charge < -0.3 is 9.30 Å². The molecule has 1 aromatic heterocycles. The van der Waals surface area contributed by atoms with Gasteiger partial charge in [-0.1, -0.05) is 71.7 Å². The Balaban J connectivity index is 1.25. The van der Waals surface area contributed by atoms with E-state index in [1.807, 2.05) is 51.9 Å². The lowest BCUT2D eigenvalue weighted by Crippen LogP contribution is -2.29. The average molecular weight is 735 g/mol. The molecule has 1 aliphatic rings. The van der Waals surface area contributed by atoms with Crippen molar-refractivity contribution >= 4 is 68.9 Å². The van der Waals surface area contributed by atoms with E-state index in [9.17, 15) is 22.4 Å². The molecule has 0 radical (unpaired) electrons. The van der Waals surface area contributed by atoms with Crippen LogP contribution in [-0.2, 0) is 26.3 Å². The van der Waals surface area contributed by atoms with Gasteiger partial charge in [0.2, 0.25) is 0 Å². The molecule has 0 aliphatic carbocycles. The van der Waals surface area contributed by atoms with Crippen LogP contribution < -0.4 is 14.3 Å². The summed E-state index contributed by atoms with van der Waals surface area (Å²) in [6.45, 7) is 3.53. The third-order valence-corrected chi connectivity index (χ3v) is 9.58. The number of hydrogen-bond donors (Lipinski definition) is 2. The molecular weight excluding hydrogens is 704 g/mol. The number of amides is 2. The number of rotatable bonds is 9. The third kappa shape index (κ3) is 7.99. The van der Waals surface area contributed by atoms with Gasteiger partial charge in [-0.2, -0.15) is 8.42 Å². The molecule has 0 atom stereocenters. The zero-order chi connectivity index (χ0) is 35.6. The summed E-state index contributed by atoms with van der Waals surface area (Å²) in [6, 6.07) is 24.1. The van der Waals surface area contributed by atoms with Gasteiger partial charge in [0, 0.05) is 23.3 Å². The van der Waals surface area contributed by atoms with E-state index >= 15 is 0 Å². The summed E-state index contributed by atoms with van der Waals surface area (Å²) in [6.07, 6.45) is 4.56. The SMILES string of the molecule is CC(C)OC(=O)Nc1cc(-c2ccc(/C=C/c3nc(-c4ccc(Cl)cc4Cl)cn3Cc3ccc(N4CC(=O)NS4(=O)=O)cc3)cc2)ccc1F. The Hall–Kier alpha value is -5.17. The Kier molecular flexibility index (Phi) is 9.96. The van der Waals surface area contributed by atoms with Crippen molar-refractivity contribution in [3.8, 4) is 22.4 Å². The predicted octanol–water partition coefficient (Wildman–Crippen LogP) is 8.02. The number of aromatic nitrogens is 2. The highest BCUT2D eigenvalue weighted by Gasteiger charge is 2.33. The zero-order valence-electron chi connectivity index (χ0n) is 26.7. The topological polar surface area (TPSA) is 123 Å². The van der Waals surface area contributed by atoms with Gasteiger partial charge in [-0.05, 0) is 84.6 Å². The lowest BCUT2D eigenvalue weighted by Gasteiger charge is -2.15. The predicted molar refractivity (Wildman–Crippen MR) is 194 cm³/mol. The van der Waals surface area contributed by atoms with E-state index < -0.39 is 28.0 Å². The second-order valence-corrected chi connectivity index (χ2v) is 14.1. The molecule has 6 rings (SSSR count). The van der Waals surface area contributed by atoms with E-state index in [4.69, 9.17) is 32.9 Å². The van der Waals surface area contributed by atoms with Gasteiger partial charge >= 0.3 is 16.3 Å². The Bertz CT molecular complexity index is 2220. The summed E-state index contributed by atoms with van der Waals surface area (Å²) in [4.78, 5) is 28.6. The van der Waals surface area contributed by atoms with E-state index in [-0.39, 0.29) is 18.3 Å². The van der Waals surface area contributed by atoms with Crippen molar-refractivity contribution in [2.24, 2.45) is 0 Å². The van der Waals surface area contributed by atoms with Crippen molar-refractivity contribution in [1.29, 1.82) is 0 Å². The second kappa shape index (κ2) is 14.4. The van der Waals surface area contributed by atoms with Gasteiger partial charge in [0.15, 0.2) is 0 Å². The fourth-order valence-electron chi connectivity index (χ4n) is 5.27. The van der Waals surface area contributed by atoms with Crippen LogP contribution in [0.2, 0.25) is 10.0 Å². The van der Waals surface area contributed by atoms with Crippen LogP contribution >= 0.6 is 23.2 Å². The maximum absolute atomic E-state index is 14.4. The molecule has 50 heavy (non-hydrogen) atoms. The summed E-state index contributed by atoms with van der Waals surface area (Å²) in [5, 5.41) is 3.40. The molecule has 1 saturated heterocycles. The highest BCUT2D eigenvalue weighted by Crippen LogP contribution is 2.31. The van der Waals surface area contributed by atoms with Gasteiger partial charge in [0.05, 0.1) is 28.2 Å². The molecule has 4 aromatic carbocycles. The number of imidazole rings is 1. The Morgan fingerprint density at radius 2 is 1.72 bits per heavy atom. The summed E-state index contributed by atoms with van der Waals surface area (Å²) in [7, 11) is -3.91. The van der Waals surface area contributed by atoms with E-state index in [0.29, 0.717) is 44.9 Å². The smallest absolute Gasteiger partial charge is 0.411 e. The van der Waals surface area contributed by atoms with Gasteiger partial charge in [-0.3, -0.25) is 10.1 Å². The van der Waals surface area contributed by atoms with Crippen molar-refractivity contribution in [1.82, 2.24) is 14.3 Å². The molecule has 0 spiro atoms. The lowest BCUT2D eigenvalue weighted by atomic mass is 10.0. The zero-order valence-corrected chi connectivity index (χ0v) is 29.1. The number of carbonyl (C=O) groups is 2. The van der Waals surface area contributed by atoms with Crippen molar-refractivity contribution in [2.75, 3.05) is 16.2 Å². The molecule has 0 unspecified atom stereocenters. The minimum atomic E-state index is -3.91. The summed E-state index contributed by atoms with van der Waals surface area (Å²) >= 11 is 12.6. The van der Waals surface area contributed by atoms with Crippen molar-refractivity contribution in [3.63, 3.8) is 0 Å². The Morgan fingerprint density at radius 3 is 2.38 bits per heavy atom. The molecule has 0 bridgehead atoms. The minimum Gasteiger partial charge on any atom is -0.447 e. The third-order valence-electron chi connectivity index (χ3n) is 7.63. The van der Waals surface area contributed by atoms with Gasteiger partial charge in [0.25, 0.3) is 5.91 Å².